The Balaban J connectivity index is 1.86. The van der Waals surface area contributed by atoms with Gasteiger partial charge in [-0.1, -0.05) is 6.07 Å². The van der Waals surface area contributed by atoms with E-state index in [2.05, 4.69) is 10.3 Å². The van der Waals surface area contributed by atoms with Crippen LogP contribution in [0.2, 0.25) is 0 Å². The molecule has 1 aromatic carbocycles. The summed E-state index contributed by atoms with van der Waals surface area (Å²) in [4.78, 5) is 26.7. The van der Waals surface area contributed by atoms with Crippen LogP contribution in [0.15, 0.2) is 48.8 Å². The van der Waals surface area contributed by atoms with Crippen molar-refractivity contribution in [3.05, 3.63) is 59.9 Å². The number of hydrogen-bond donors (Lipinski definition) is 2. The molecule has 1 aromatic heterocycles. The third kappa shape index (κ3) is 3.91. The Hall–Kier alpha value is -2.69. The molecule has 0 fully saturated rings. The number of anilines is 1. The van der Waals surface area contributed by atoms with E-state index in [4.69, 9.17) is 5.73 Å². The van der Waals surface area contributed by atoms with Crippen LogP contribution in [-0.2, 0) is 11.2 Å². The first-order valence-corrected chi connectivity index (χ1v) is 6.24. The second-order valence-corrected chi connectivity index (χ2v) is 4.35. The second-order valence-electron chi connectivity index (χ2n) is 4.35. The van der Waals surface area contributed by atoms with Gasteiger partial charge >= 0.3 is 0 Å². The molecule has 0 aliphatic carbocycles. The van der Waals surface area contributed by atoms with E-state index in [0.29, 0.717) is 24.1 Å². The minimum Gasteiger partial charge on any atom is -0.366 e. The molecule has 102 valence electrons. The van der Waals surface area contributed by atoms with E-state index in [1.807, 2.05) is 12.1 Å². The van der Waals surface area contributed by atoms with Crippen LogP contribution in [0.4, 0.5) is 5.69 Å². The highest BCUT2D eigenvalue weighted by atomic mass is 16.1. The molecular weight excluding hydrogens is 254 g/mol. The number of aromatic nitrogens is 1. The van der Waals surface area contributed by atoms with Gasteiger partial charge in [0, 0.05) is 30.1 Å². The number of carbonyl (C=O) groups is 2. The fourth-order valence-corrected chi connectivity index (χ4v) is 1.75. The third-order valence-electron chi connectivity index (χ3n) is 2.82. The zero-order chi connectivity index (χ0) is 14.4. The Morgan fingerprint density at radius 1 is 1.15 bits per heavy atom. The van der Waals surface area contributed by atoms with Crippen LogP contribution in [0.5, 0.6) is 0 Å². The number of nitrogens with two attached hydrogens (primary N) is 1. The lowest BCUT2D eigenvalue weighted by Gasteiger charge is -2.05. The summed E-state index contributed by atoms with van der Waals surface area (Å²) in [5.41, 5.74) is 7.22. The molecule has 0 radical (unpaired) electrons. The predicted octanol–water partition coefficient (Wildman–Crippen LogP) is 1.75. The molecule has 20 heavy (non-hydrogen) atoms. The van der Waals surface area contributed by atoms with Gasteiger partial charge in [0.25, 0.3) is 0 Å². The minimum atomic E-state index is -0.487. The second kappa shape index (κ2) is 6.47. The van der Waals surface area contributed by atoms with E-state index < -0.39 is 5.91 Å². The minimum absolute atomic E-state index is 0.0827. The number of amides is 2. The van der Waals surface area contributed by atoms with Gasteiger partial charge in [-0.2, -0.15) is 0 Å². The zero-order valence-corrected chi connectivity index (χ0v) is 10.9. The molecule has 0 aliphatic heterocycles. The third-order valence-corrected chi connectivity index (χ3v) is 2.82. The number of pyridine rings is 1. The maximum Gasteiger partial charge on any atom is 0.248 e. The van der Waals surface area contributed by atoms with Gasteiger partial charge in [0.05, 0.1) is 0 Å². The quantitative estimate of drug-likeness (QED) is 0.867. The maximum absolute atomic E-state index is 11.8. The first-order valence-electron chi connectivity index (χ1n) is 6.24. The maximum atomic E-state index is 11.8. The van der Waals surface area contributed by atoms with Crippen LogP contribution >= 0.6 is 0 Å². The van der Waals surface area contributed by atoms with Crippen molar-refractivity contribution in [3.63, 3.8) is 0 Å². The Labute approximate surface area is 116 Å². The molecule has 5 nitrogen and oxygen atoms in total. The van der Waals surface area contributed by atoms with Crippen molar-refractivity contribution in [2.75, 3.05) is 5.32 Å². The molecule has 0 aliphatic rings. The van der Waals surface area contributed by atoms with E-state index in [9.17, 15) is 9.59 Å². The van der Waals surface area contributed by atoms with Crippen molar-refractivity contribution in [1.82, 2.24) is 4.98 Å². The fourth-order valence-electron chi connectivity index (χ4n) is 1.75. The molecule has 1 heterocycles. The Kier molecular flexibility index (Phi) is 4.44. The summed E-state index contributed by atoms with van der Waals surface area (Å²) in [6.07, 6.45) is 4.46. The lowest BCUT2D eigenvalue weighted by Crippen LogP contribution is -2.13. The Morgan fingerprint density at radius 3 is 2.50 bits per heavy atom. The number of primary amides is 1. The van der Waals surface area contributed by atoms with Gasteiger partial charge in [-0.25, -0.2) is 0 Å². The molecule has 0 saturated heterocycles. The van der Waals surface area contributed by atoms with Gasteiger partial charge in [0.2, 0.25) is 11.8 Å². The first-order chi connectivity index (χ1) is 9.65. The van der Waals surface area contributed by atoms with Crippen LogP contribution in [0.25, 0.3) is 0 Å². The normalized spacial score (nSPS) is 10.0. The highest BCUT2D eigenvalue weighted by Gasteiger charge is 2.04. The zero-order valence-electron chi connectivity index (χ0n) is 10.9. The number of nitrogens with one attached hydrogen (secondary N) is 1. The van der Waals surface area contributed by atoms with Crippen LogP contribution in [0.1, 0.15) is 22.3 Å². The number of carbonyl (C=O) groups excluding carboxylic acids is 2. The molecule has 2 aromatic rings. The molecular formula is C15H15N3O2. The van der Waals surface area contributed by atoms with Crippen molar-refractivity contribution in [1.29, 1.82) is 0 Å². The summed E-state index contributed by atoms with van der Waals surface area (Å²) in [7, 11) is 0. The number of rotatable bonds is 5. The molecule has 2 amide bonds. The van der Waals surface area contributed by atoms with E-state index in [1.165, 1.54) is 0 Å². The van der Waals surface area contributed by atoms with Crippen molar-refractivity contribution in [3.8, 4) is 0 Å². The number of aryl methyl sites for hydroxylation is 1. The van der Waals surface area contributed by atoms with Crippen LogP contribution in [-0.4, -0.2) is 16.8 Å². The smallest absolute Gasteiger partial charge is 0.248 e. The summed E-state index contributed by atoms with van der Waals surface area (Å²) in [6, 6.07) is 10.2. The van der Waals surface area contributed by atoms with Gasteiger partial charge in [-0.15, -0.1) is 0 Å². The first kappa shape index (κ1) is 13.7. The number of benzene rings is 1. The van der Waals surface area contributed by atoms with Crippen LogP contribution < -0.4 is 11.1 Å². The SMILES string of the molecule is NC(=O)c1ccc(NC(=O)CCc2cccnc2)cc1. The molecule has 5 heteroatoms. The van der Waals surface area contributed by atoms with Gasteiger partial charge in [-0.05, 0) is 42.3 Å². The highest BCUT2D eigenvalue weighted by Crippen LogP contribution is 2.10. The van der Waals surface area contributed by atoms with E-state index in [-0.39, 0.29) is 5.91 Å². The summed E-state index contributed by atoms with van der Waals surface area (Å²) in [6.45, 7) is 0. The highest BCUT2D eigenvalue weighted by molar-refractivity contribution is 5.94. The molecule has 0 saturated carbocycles. The molecule has 0 atom stereocenters. The van der Waals surface area contributed by atoms with Crippen LogP contribution in [0.3, 0.4) is 0 Å². The van der Waals surface area contributed by atoms with Gasteiger partial charge in [0.1, 0.15) is 0 Å². The van der Waals surface area contributed by atoms with Crippen molar-refractivity contribution >= 4 is 17.5 Å². The van der Waals surface area contributed by atoms with E-state index >= 15 is 0 Å². The lowest BCUT2D eigenvalue weighted by atomic mass is 10.1. The average molecular weight is 269 g/mol. The molecule has 3 N–H and O–H groups in total. The van der Waals surface area contributed by atoms with E-state index in [0.717, 1.165) is 5.56 Å². The molecule has 2 rings (SSSR count). The van der Waals surface area contributed by atoms with Gasteiger partial charge < -0.3 is 11.1 Å². The summed E-state index contributed by atoms with van der Waals surface area (Å²) in [5.74, 6) is -0.569. The van der Waals surface area contributed by atoms with Gasteiger partial charge in [0.15, 0.2) is 0 Å². The summed E-state index contributed by atoms with van der Waals surface area (Å²) >= 11 is 0. The summed E-state index contributed by atoms with van der Waals surface area (Å²) < 4.78 is 0. The van der Waals surface area contributed by atoms with Gasteiger partial charge in [-0.3, -0.25) is 14.6 Å². The Morgan fingerprint density at radius 2 is 1.90 bits per heavy atom. The van der Waals surface area contributed by atoms with Crippen molar-refractivity contribution < 1.29 is 9.59 Å². The molecule has 0 bridgehead atoms. The summed E-state index contributed by atoms with van der Waals surface area (Å²) in [5, 5.41) is 2.77. The topological polar surface area (TPSA) is 85.1 Å². The predicted molar refractivity (Wildman–Crippen MR) is 76.1 cm³/mol. The average Bonchev–Trinajstić information content (AvgIpc) is 2.47. The largest absolute Gasteiger partial charge is 0.366 e. The monoisotopic (exact) mass is 269 g/mol. The Bertz CT molecular complexity index is 594. The lowest BCUT2D eigenvalue weighted by molar-refractivity contribution is -0.116. The molecule has 0 unspecified atom stereocenters. The number of nitrogens with zero attached hydrogens (tertiary/aromatic N) is 1. The van der Waals surface area contributed by atoms with Crippen molar-refractivity contribution in [2.24, 2.45) is 5.73 Å². The fraction of sp³-hybridized carbons (Fsp3) is 0.133. The standard InChI is InChI=1S/C15H15N3O2/c16-15(20)12-4-6-13(7-5-12)18-14(19)8-3-11-2-1-9-17-10-11/h1-2,4-7,9-10H,3,8H2,(H2,16,20)(H,18,19). The molecule has 0 spiro atoms. The van der Waals surface area contributed by atoms with Crippen molar-refractivity contribution in [2.45, 2.75) is 12.8 Å². The number of hydrogen-bond acceptors (Lipinski definition) is 3. The van der Waals surface area contributed by atoms with Crippen LogP contribution in [0, 0.1) is 0 Å². The van der Waals surface area contributed by atoms with E-state index in [1.54, 1.807) is 36.7 Å².